The number of H-pyrrole nitrogens is 2. The first-order valence-corrected chi connectivity index (χ1v) is 10.9. The van der Waals surface area contributed by atoms with Crippen molar-refractivity contribution in [3.63, 3.8) is 0 Å². The van der Waals surface area contributed by atoms with Crippen LogP contribution in [0.15, 0.2) is 34.2 Å². The Balaban J connectivity index is 1.49. The topological polar surface area (TPSA) is 74.4 Å². The molecule has 0 amide bonds. The number of hydrogen-bond donors (Lipinski definition) is 2. The van der Waals surface area contributed by atoms with Gasteiger partial charge in [-0.1, -0.05) is 30.8 Å². The fraction of sp³-hybridized carbons (Fsp3) is 0.350. The zero-order valence-electron chi connectivity index (χ0n) is 15.2. The maximum absolute atomic E-state index is 12.8. The van der Waals surface area contributed by atoms with Gasteiger partial charge in [-0.3, -0.25) is 4.79 Å². The number of aromatic nitrogens is 4. The fourth-order valence-corrected chi connectivity index (χ4v) is 6.04. The molecule has 3 heterocycles. The summed E-state index contributed by atoms with van der Waals surface area (Å²) in [5.74, 6) is 1.40. The summed E-state index contributed by atoms with van der Waals surface area (Å²) in [4.78, 5) is 30.8. The van der Waals surface area contributed by atoms with Gasteiger partial charge in [0, 0.05) is 4.88 Å². The second kappa shape index (κ2) is 6.49. The van der Waals surface area contributed by atoms with Crippen molar-refractivity contribution in [3.8, 4) is 0 Å². The number of nitrogens with one attached hydrogen (secondary N) is 2. The summed E-state index contributed by atoms with van der Waals surface area (Å²) in [7, 11) is 0. The highest BCUT2D eigenvalue weighted by Crippen LogP contribution is 2.37. The van der Waals surface area contributed by atoms with Crippen molar-refractivity contribution in [1.29, 1.82) is 0 Å². The summed E-state index contributed by atoms with van der Waals surface area (Å²) in [6.45, 7) is 4.33. The summed E-state index contributed by atoms with van der Waals surface area (Å²) in [6, 6.07) is 7.97. The molecule has 0 aliphatic heterocycles. The molecule has 2 atom stereocenters. The second-order valence-electron chi connectivity index (χ2n) is 7.30. The fourth-order valence-electron chi connectivity index (χ4n) is 3.77. The van der Waals surface area contributed by atoms with E-state index in [1.165, 1.54) is 10.4 Å². The van der Waals surface area contributed by atoms with Gasteiger partial charge in [-0.2, -0.15) is 0 Å². The summed E-state index contributed by atoms with van der Waals surface area (Å²) in [6.07, 6.45) is 3.21. The van der Waals surface area contributed by atoms with Gasteiger partial charge in [0.25, 0.3) is 5.56 Å². The molecule has 1 aromatic carbocycles. The van der Waals surface area contributed by atoms with Crippen molar-refractivity contribution in [3.05, 3.63) is 50.9 Å². The number of aryl methyl sites for hydroxylation is 1. The van der Waals surface area contributed by atoms with E-state index in [-0.39, 0.29) is 10.8 Å². The van der Waals surface area contributed by atoms with Crippen molar-refractivity contribution in [1.82, 2.24) is 19.9 Å². The normalized spacial score (nSPS) is 18.1. The zero-order chi connectivity index (χ0) is 18.5. The molecule has 2 unspecified atom stereocenters. The number of thiophene rings is 1. The molecule has 138 valence electrons. The van der Waals surface area contributed by atoms with Crippen molar-refractivity contribution in [2.24, 2.45) is 5.92 Å². The smallest absolute Gasteiger partial charge is 0.259 e. The van der Waals surface area contributed by atoms with E-state index in [2.05, 4.69) is 28.8 Å². The van der Waals surface area contributed by atoms with Gasteiger partial charge in [-0.15, -0.1) is 11.3 Å². The summed E-state index contributed by atoms with van der Waals surface area (Å²) < 4.78 is 0. The average Bonchev–Trinajstić information content (AvgIpc) is 3.21. The van der Waals surface area contributed by atoms with Crippen LogP contribution in [0.1, 0.15) is 41.8 Å². The molecule has 0 bridgehead atoms. The van der Waals surface area contributed by atoms with E-state index in [9.17, 15) is 4.79 Å². The molecular weight excluding hydrogens is 376 g/mol. The molecular formula is C20H20N4OS2. The number of thioether (sulfide) groups is 1. The van der Waals surface area contributed by atoms with Gasteiger partial charge in [0.1, 0.15) is 10.7 Å². The molecule has 5 nitrogen and oxygen atoms in total. The lowest BCUT2D eigenvalue weighted by Crippen LogP contribution is -2.15. The Labute approximate surface area is 164 Å². The molecule has 0 fully saturated rings. The molecule has 4 aromatic rings. The van der Waals surface area contributed by atoms with E-state index in [4.69, 9.17) is 4.98 Å². The molecule has 1 aliphatic carbocycles. The molecule has 0 saturated carbocycles. The summed E-state index contributed by atoms with van der Waals surface area (Å²) in [5, 5.41) is 1.65. The minimum absolute atomic E-state index is 0.000661. The van der Waals surface area contributed by atoms with Crippen LogP contribution in [0, 0.1) is 5.92 Å². The molecule has 1 aliphatic rings. The number of nitrogens with zero attached hydrogens (tertiary/aromatic N) is 2. The minimum atomic E-state index is -0.000825. The maximum atomic E-state index is 12.8. The molecule has 0 radical (unpaired) electrons. The quantitative estimate of drug-likeness (QED) is 0.486. The standard InChI is InChI=1S/C20H20N4OS2/c1-10-7-8-12-15(9-10)27-19-16(12)18(25)23-17(24-19)11(2)26-20-21-13-5-3-4-6-14(13)22-20/h3-6,10-11H,7-9H2,1-2H3,(H,21,22)(H,23,24,25). The molecule has 3 aromatic heterocycles. The number of imidazole rings is 1. The minimum Gasteiger partial charge on any atom is -0.333 e. The van der Waals surface area contributed by atoms with Gasteiger partial charge in [-0.05, 0) is 49.8 Å². The van der Waals surface area contributed by atoms with Gasteiger partial charge in [-0.25, -0.2) is 9.97 Å². The second-order valence-corrected chi connectivity index (χ2v) is 9.72. The van der Waals surface area contributed by atoms with Gasteiger partial charge < -0.3 is 9.97 Å². The van der Waals surface area contributed by atoms with Gasteiger partial charge in [0.15, 0.2) is 5.16 Å². The van der Waals surface area contributed by atoms with E-state index in [0.717, 1.165) is 45.7 Å². The number of aromatic amines is 2. The number of benzene rings is 1. The summed E-state index contributed by atoms with van der Waals surface area (Å²) >= 11 is 3.28. The molecule has 0 spiro atoms. The third kappa shape index (κ3) is 2.99. The van der Waals surface area contributed by atoms with Crippen LogP contribution in [0.4, 0.5) is 0 Å². The number of fused-ring (bicyclic) bond motifs is 4. The lowest BCUT2D eigenvalue weighted by molar-refractivity contribution is 0.509. The predicted molar refractivity (Wildman–Crippen MR) is 112 cm³/mol. The van der Waals surface area contributed by atoms with Crippen molar-refractivity contribution >= 4 is 44.3 Å². The van der Waals surface area contributed by atoms with Crippen LogP contribution in [-0.4, -0.2) is 19.9 Å². The predicted octanol–water partition coefficient (Wildman–Crippen LogP) is 4.84. The van der Waals surface area contributed by atoms with Crippen LogP contribution in [0.25, 0.3) is 21.3 Å². The van der Waals surface area contributed by atoms with Gasteiger partial charge in [0.05, 0.1) is 21.7 Å². The third-order valence-electron chi connectivity index (χ3n) is 5.22. The molecule has 0 saturated heterocycles. The van der Waals surface area contributed by atoms with Gasteiger partial charge in [0.2, 0.25) is 0 Å². The number of rotatable bonds is 3. The highest BCUT2D eigenvalue weighted by atomic mass is 32.2. The molecule has 5 rings (SSSR count). The first-order chi connectivity index (χ1) is 13.1. The van der Waals surface area contributed by atoms with Crippen molar-refractivity contribution in [2.45, 2.75) is 43.5 Å². The van der Waals surface area contributed by atoms with E-state index < -0.39 is 0 Å². The highest BCUT2D eigenvalue weighted by Gasteiger charge is 2.24. The average molecular weight is 397 g/mol. The van der Waals surface area contributed by atoms with E-state index in [1.807, 2.05) is 24.3 Å². The van der Waals surface area contributed by atoms with Crippen LogP contribution in [-0.2, 0) is 12.8 Å². The monoisotopic (exact) mass is 396 g/mol. The molecule has 7 heteroatoms. The lowest BCUT2D eigenvalue weighted by Gasteiger charge is -2.17. The Bertz CT molecular complexity index is 1170. The largest absolute Gasteiger partial charge is 0.333 e. The molecule has 2 N–H and O–H groups in total. The lowest BCUT2D eigenvalue weighted by atomic mass is 9.89. The first kappa shape index (κ1) is 17.0. The van der Waals surface area contributed by atoms with Crippen LogP contribution in [0.3, 0.4) is 0 Å². The maximum Gasteiger partial charge on any atom is 0.259 e. The number of para-hydroxylation sites is 2. The Morgan fingerprint density at radius 3 is 2.96 bits per heavy atom. The van der Waals surface area contributed by atoms with Crippen molar-refractivity contribution < 1.29 is 0 Å². The summed E-state index contributed by atoms with van der Waals surface area (Å²) in [5.41, 5.74) is 3.19. The number of hydrogen-bond acceptors (Lipinski definition) is 5. The van der Waals surface area contributed by atoms with E-state index in [0.29, 0.717) is 11.7 Å². The molecule has 27 heavy (non-hydrogen) atoms. The van der Waals surface area contributed by atoms with Crippen LogP contribution in [0.5, 0.6) is 0 Å². The van der Waals surface area contributed by atoms with E-state index >= 15 is 0 Å². The first-order valence-electron chi connectivity index (χ1n) is 9.24. The van der Waals surface area contributed by atoms with Crippen molar-refractivity contribution in [2.75, 3.05) is 0 Å². The Hall–Kier alpha value is -2.12. The Kier molecular flexibility index (Phi) is 4.09. The van der Waals surface area contributed by atoms with Crippen LogP contribution >= 0.6 is 23.1 Å². The third-order valence-corrected chi connectivity index (χ3v) is 7.37. The Morgan fingerprint density at radius 1 is 1.26 bits per heavy atom. The van der Waals surface area contributed by atoms with E-state index in [1.54, 1.807) is 23.1 Å². The Morgan fingerprint density at radius 2 is 2.11 bits per heavy atom. The van der Waals surface area contributed by atoms with Crippen LogP contribution in [0.2, 0.25) is 0 Å². The highest BCUT2D eigenvalue weighted by molar-refractivity contribution is 7.99. The van der Waals surface area contributed by atoms with Crippen LogP contribution < -0.4 is 5.56 Å². The zero-order valence-corrected chi connectivity index (χ0v) is 16.8. The SMILES string of the molecule is CC1CCc2c(sc3nc(C(C)Sc4nc5ccccc5[nH]4)[nH]c(=O)c23)C1. The van der Waals surface area contributed by atoms with Gasteiger partial charge >= 0.3 is 0 Å².